The molecule has 0 spiro atoms. The van der Waals surface area contributed by atoms with Gasteiger partial charge in [0, 0.05) is 23.5 Å². The number of aromatic nitrogens is 2. The fourth-order valence-electron chi connectivity index (χ4n) is 2.55. The van der Waals surface area contributed by atoms with Gasteiger partial charge in [-0.1, -0.05) is 20.3 Å². The molecule has 3 nitrogen and oxygen atoms in total. The molecule has 19 heavy (non-hydrogen) atoms. The van der Waals surface area contributed by atoms with E-state index in [1.54, 1.807) is 0 Å². The van der Waals surface area contributed by atoms with E-state index >= 15 is 0 Å². The van der Waals surface area contributed by atoms with Crippen LogP contribution in [0.4, 0.5) is 0 Å². The van der Waals surface area contributed by atoms with Crippen LogP contribution in [0.15, 0.2) is 6.20 Å². The van der Waals surface area contributed by atoms with Gasteiger partial charge in [-0.25, -0.2) is 9.97 Å². The number of aryl methyl sites for hydroxylation is 1. The second-order valence-corrected chi connectivity index (χ2v) is 6.35. The van der Waals surface area contributed by atoms with Gasteiger partial charge in [-0.05, 0) is 38.0 Å². The molecule has 0 bridgehead atoms. The van der Waals surface area contributed by atoms with Gasteiger partial charge in [-0.15, -0.1) is 0 Å². The number of hydrogen-bond donors (Lipinski definition) is 1. The molecule has 1 aliphatic rings. The van der Waals surface area contributed by atoms with E-state index in [0.29, 0.717) is 6.04 Å². The summed E-state index contributed by atoms with van der Waals surface area (Å²) >= 11 is 1.89. The van der Waals surface area contributed by atoms with Crippen molar-refractivity contribution in [3.63, 3.8) is 0 Å². The molecular formula is C15H25N3S. The molecule has 4 heteroatoms. The molecule has 1 heterocycles. The maximum Gasteiger partial charge on any atom is 0.138 e. The summed E-state index contributed by atoms with van der Waals surface area (Å²) in [7, 11) is 0. The van der Waals surface area contributed by atoms with Crippen LogP contribution >= 0.6 is 11.8 Å². The lowest BCUT2D eigenvalue weighted by atomic mass is 10.0. The molecule has 0 radical (unpaired) electrons. The van der Waals surface area contributed by atoms with Gasteiger partial charge in [0.2, 0.25) is 0 Å². The van der Waals surface area contributed by atoms with Gasteiger partial charge in [0.25, 0.3) is 0 Å². The first-order valence-corrected chi connectivity index (χ1v) is 8.66. The van der Waals surface area contributed by atoms with Crippen molar-refractivity contribution in [2.45, 2.75) is 57.7 Å². The topological polar surface area (TPSA) is 37.8 Å². The minimum Gasteiger partial charge on any atom is -0.310 e. The highest BCUT2D eigenvalue weighted by atomic mass is 32.2. The molecule has 2 rings (SSSR count). The van der Waals surface area contributed by atoms with Crippen LogP contribution in [0.3, 0.4) is 0 Å². The van der Waals surface area contributed by atoms with Crippen LogP contribution in [0, 0.1) is 0 Å². The smallest absolute Gasteiger partial charge is 0.138 e. The maximum absolute atomic E-state index is 4.80. The van der Waals surface area contributed by atoms with Gasteiger partial charge in [-0.2, -0.15) is 11.8 Å². The van der Waals surface area contributed by atoms with E-state index in [0.717, 1.165) is 30.3 Å². The van der Waals surface area contributed by atoms with E-state index in [4.69, 9.17) is 4.98 Å². The van der Waals surface area contributed by atoms with Gasteiger partial charge >= 0.3 is 0 Å². The minimum atomic E-state index is 0.463. The molecule has 1 atom stereocenters. The Hall–Kier alpha value is -0.610. The Labute approximate surface area is 121 Å². The number of hydrogen-bond acceptors (Lipinski definition) is 4. The zero-order valence-corrected chi connectivity index (χ0v) is 12.9. The molecular weight excluding hydrogens is 254 g/mol. The first-order chi connectivity index (χ1) is 9.35. The number of fused-ring (bicyclic) bond motifs is 1. The van der Waals surface area contributed by atoms with Gasteiger partial charge in [0.1, 0.15) is 5.82 Å². The molecule has 1 aliphatic carbocycles. The van der Waals surface area contributed by atoms with Crippen molar-refractivity contribution in [2.24, 2.45) is 0 Å². The van der Waals surface area contributed by atoms with Gasteiger partial charge in [0.15, 0.2) is 0 Å². The largest absolute Gasteiger partial charge is 0.310 e. The summed E-state index contributed by atoms with van der Waals surface area (Å²) in [5.74, 6) is 3.07. The van der Waals surface area contributed by atoms with E-state index in [2.05, 4.69) is 30.3 Å². The average molecular weight is 279 g/mol. The SMILES string of the molecule is CCCNC1CCCCc2nc(CSCC)ncc21. The first kappa shape index (κ1) is 14.8. The van der Waals surface area contributed by atoms with Gasteiger partial charge in [0.05, 0.1) is 5.75 Å². The van der Waals surface area contributed by atoms with E-state index in [1.165, 1.54) is 36.9 Å². The third-order valence-electron chi connectivity index (χ3n) is 3.56. The second-order valence-electron chi connectivity index (χ2n) is 5.08. The van der Waals surface area contributed by atoms with Crippen molar-refractivity contribution in [1.82, 2.24) is 15.3 Å². The molecule has 1 aromatic heterocycles. The minimum absolute atomic E-state index is 0.463. The highest BCUT2D eigenvalue weighted by Crippen LogP contribution is 2.27. The molecule has 1 aromatic rings. The number of rotatable bonds is 6. The van der Waals surface area contributed by atoms with Crippen LogP contribution in [0.25, 0.3) is 0 Å². The molecule has 1 N–H and O–H groups in total. The summed E-state index contributed by atoms with van der Waals surface area (Å²) < 4.78 is 0. The van der Waals surface area contributed by atoms with Gasteiger partial charge < -0.3 is 5.32 Å². The molecule has 0 saturated heterocycles. The Bertz CT molecular complexity index is 395. The zero-order chi connectivity index (χ0) is 13.5. The predicted octanol–water partition coefficient (Wildman–Crippen LogP) is 3.50. The molecule has 0 aliphatic heterocycles. The Morgan fingerprint density at radius 2 is 2.26 bits per heavy atom. The third-order valence-corrected chi connectivity index (χ3v) is 4.43. The molecule has 0 amide bonds. The zero-order valence-electron chi connectivity index (χ0n) is 12.1. The quantitative estimate of drug-likeness (QED) is 0.809. The van der Waals surface area contributed by atoms with Gasteiger partial charge in [-0.3, -0.25) is 0 Å². The molecule has 0 aromatic carbocycles. The Morgan fingerprint density at radius 3 is 3.05 bits per heavy atom. The fourth-order valence-corrected chi connectivity index (χ4v) is 3.07. The summed E-state index contributed by atoms with van der Waals surface area (Å²) in [6.45, 7) is 5.47. The van der Waals surface area contributed by atoms with E-state index in [1.807, 2.05) is 11.8 Å². The van der Waals surface area contributed by atoms with Crippen LogP contribution in [0.2, 0.25) is 0 Å². The summed E-state index contributed by atoms with van der Waals surface area (Å²) in [4.78, 5) is 9.35. The van der Waals surface area contributed by atoms with Crippen molar-refractivity contribution in [1.29, 1.82) is 0 Å². The van der Waals surface area contributed by atoms with Crippen molar-refractivity contribution in [3.8, 4) is 0 Å². The standard InChI is InChI=1S/C15H25N3S/c1-3-9-16-13-7-5-6-8-14-12(13)10-17-15(18-14)11-19-4-2/h10,13,16H,3-9,11H2,1-2H3. The van der Waals surface area contributed by atoms with Crippen LogP contribution in [0.5, 0.6) is 0 Å². The van der Waals surface area contributed by atoms with Crippen LogP contribution in [0.1, 0.15) is 62.7 Å². The number of nitrogens with zero attached hydrogens (tertiary/aromatic N) is 2. The van der Waals surface area contributed by atoms with E-state index < -0.39 is 0 Å². The molecule has 1 unspecified atom stereocenters. The Morgan fingerprint density at radius 1 is 1.37 bits per heavy atom. The lowest BCUT2D eigenvalue weighted by molar-refractivity contribution is 0.488. The van der Waals surface area contributed by atoms with Crippen molar-refractivity contribution < 1.29 is 0 Å². The van der Waals surface area contributed by atoms with Crippen molar-refractivity contribution in [3.05, 3.63) is 23.3 Å². The van der Waals surface area contributed by atoms with Crippen molar-refractivity contribution in [2.75, 3.05) is 12.3 Å². The Balaban J connectivity index is 2.14. The Kier molecular flexibility index (Phi) is 6.11. The number of nitrogens with one attached hydrogen (secondary N) is 1. The highest BCUT2D eigenvalue weighted by Gasteiger charge is 2.19. The average Bonchev–Trinajstić information content (AvgIpc) is 2.64. The summed E-state index contributed by atoms with van der Waals surface area (Å²) in [6, 6.07) is 0.463. The molecule has 106 valence electrons. The lowest BCUT2D eigenvalue weighted by Gasteiger charge is -2.18. The molecule has 0 saturated carbocycles. The third kappa shape index (κ3) is 4.18. The normalized spacial score (nSPS) is 18.9. The summed E-state index contributed by atoms with van der Waals surface area (Å²) in [5, 5.41) is 3.64. The van der Waals surface area contributed by atoms with Crippen LogP contribution in [-0.2, 0) is 12.2 Å². The van der Waals surface area contributed by atoms with E-state index in [9.17, 15) is 0 Å². The first-order valence-electron chi connectivity index (χ1n) is 7.51. The number of thioether (sulfide) groups is 1. The maximum atomic E-state index is 4.80. The lowest BCUT2D eigenvalue weighted by Crippen LogP contribution is -2.23. The fraction of sp³-hybridized carbons (Fsp3) is 0.733. The van der Waals surface area contributed by atoms with Crippen LogP contribution < -0.4 is 5.32 Å². The van der Waals surface area contributed by atoms with Crippen molar-refractivity contribution >= 4 is 11.8 Å². The highest BCUT2D eigenvalue weighted by molar-refractivity contribution is 7.98. The van der Waals surface area contributed by atoms with Crippen LogP contribution in [-0.4, -0.2) is 22.3 Å². The monoisotopic (exact) mass is 279 g/mol. The second kappa shape index (κ2) is 7.85. The summed E-state index contributed by atoms with van der Waals surface area (Å²) in [5.41, 5.74) is 2.63. The van der Waals surface area contributed by atoms with E-state index in [-0.39, 0.29) is 0 Å². The predicted molar refractivity (Wildman–Crippen MR) is 82.5 cm³/mol. The molecule has 0 fully saturated rings. The summed E-state index contributed by atoms with van der Waals surface area (Å²) in [6.07, 6.45) is 8.14.